The lowest BCUT2D eigenvalue weighted by Gasteiger charge is -2.19. The van der Waals surface area contributed by atoms with Crippen LogP contribution < -0.4 is 0 Å². The average molecular weight is 669 g/mol. The molecule has 0 aromatic heterocycles. The molecule has 11 aromatic carbocycles. The molecular formula is C51H28N2. The van der Waals surface area contributed by atoms with E-state index in [4.69, 9.17) is 0 Å². The number of nitriles is 2. The third kappa shape index (κ3) is 3.96. The first-order chi connectivity index (χ1) is 26.1. The quantitative estimate of drug-likeness (QED) is 0.176. The molecule has 0 fully saturated rings. The van der Waals surface area contributed by atoms with Crippen LogP contribution in [-0.2, 0) is 0 Å². The summed E-state index contributed by atoms with van der Waals surface area (Å²) in [5.41, 5.74) is 9.23. The van der Waals surface area contributed by atoms with Crippen molar-refractivity contribution in [2.24, 2.45) is 0 Å². The van der Waals surface area contributed by atoms with E-state index in [2.05, 4.69) is 134 Å². The molecule has 242 valence electrons. The van der Waals surface area contributed by atoms with Crippen molar-refractivity contribution in [3.63, 3.8) is 0 Å². The fourth-order valence-corrected chi connectivity index (χ4v) is 9.40. The number of benzene rings is 9. The molecule has 0 atom stereocenters. The Bertz CT molecular complexity index is 3430. The fourth-order valence-electron chi connectivity index (χ4n) is 9.40. The molecule has 0 heterocycles. The van der Waals surface area contributed by atoms with Crippen LogP contribution in [0.3, 0.4) is 0 Å². The molecule has 53 heavy (non-hydrogen) atoms. The highest BCUT2D eigenvalue weighted by Gasteiger charge is 2.27. The third-order valence-corrected chi connectivity index (χ3v) is 11.5. The highest BCUT2D eigenvalue weighted by molar-refractivity contribution is 6.45. The van der Waals surface area contributed by atoms with Gasteiger partial charge >= 0.3 is 0 Å². The van der Waals surface area contributed by atoms with Gasteiger partial charge in [-0.05, 0) is 152 Å². The standard InChI is InChI=1S/C51H28N2/c1-29-10-2-3-15-34(29)37-22-23-42-47-39(37)19-9-21-41(47)50-45(32-13-6-11-30(24-32)27-52)44-26-43-36-17-5-4-16-35(36)38-18-8-20-40(48(38)43)49(44)46(51(42)50)33-14-7-12-31(25-33)28-53/h2-26H,1H3. The lowest BCUT2D eigenvalue weighted by molar-refractivity contribution is 1.47. The molecule has 0 unspecified atom stereocenters. The van der Waals surface area contributed by atoms with Crippen LogP contribution in [0, 0.1) is 29.6 Å². The van der Waals surface area contributed by atoms with Gasteiger partial charge in [0.2, 0.25) is 0 Å². The molecule has 0 aliphatic carbocycles. The van der Waals surface area contributed by atoms with Crippen molar-refractivity contribution >= 4 is 75.4 Å². The van der Waals surface area contributed by atoms with E-state index in [1.807, 2.05) is 36.4 Å². The second-order valence-electron chi connectivity index (χ2n) is 14.2. The van der Waals surface area contributed by atoms with Crippen LogP contribution in [0.1, 0.15) is 16.7 Å². The Labute approximate surface area is 305 Å². The molecule has 0 saturated carbocycles. The Hall–Kier alpha value is -7.26. The van der Waals surface area contributed by atoms with E-state index >= 15 is 0 Å². The summed E-state index contributed by atoms with van der Waals surface area (Å²) in [4.78, 5) is 0. The van der Waals surface area contributed by atoms with Crippen molar-refractivity contribution in [3.8, 4) is 45.5 Å². The molecule has 0 radical (unpaired) electrons. The van der Waals surface area contributed by atoms with Gasteiger partial charge in [-0.25, -0.2) is 0 Å². The largest absolute Gasteiger partial charge is 0.192 e. The van der Waals surface area contributed by atoms with Crippen LogP contribution in [-0.4, -0.2) is 0 Å². The van der Waals surface area contributed by atoms with Gasteiger partial charge in [0, 0.05) is 0 Å². The topological polar surface area (TPSA) is 47.6 Å². The zero-order valence-electron chi connectivity index (χ0n) is 28.8. The van der Waals surface area contributed by atoms with Gasteiger partial charge in [0.25, 0.3) is 0 Å². The molecule has 0 aliphatic rings. The van der Waals surface area contributed by atoms with Crippen LogP contribution >= 0.6 is 0 Å². The molecule has 2 nitrogen and oxygen atoms in total. The van der Waals surface area contributed by atoms with Crippen molar-refractivity contribution in [2.45, 2.75) is 6.92 Å². The van der Waals surface area contributed by atoms with E-state index in [-0.39, 0.29) is 0 Å². The van der Waals surface area contributed by atoms with Crippen molar-refractivity contribution in [2.75, 3.05) is 0 Å². The Morgan fingerprint density at radius 3 is 1.58 bits per heavy atom. The normalized spacial score (nSPS) is 11.8. The van der Waals surface area contributed by atoms with Crippen molar-refractivity contribution < 1.29 is 0 Å². The van der Waals surface area contributed by atoms with Crippen LogP contribution in [0.4, 0.5) is 0 Å². The Balaban J connectivity index is 1.47. The number of nitrogens with zero attached hydrogens (tertiary/aromatic N) is 2. The first kappa shape index (κ1) is 29.5. The number of rotatable bonds is 3. The molecule has 2 heteroatoms. The van der Waals surface area contributed by atoms with Gasteiger partial charge in [-0.1, -0.05) is 121 Å². The average Bonchev–Trinajstić information content (AvgIpc) is 3.72. The first-order valence-electron chi connectivity index (χ1n) is 18.0. The molecule has 0 aliphatic heterocycles. The van der Waals surface area contributed by atoms with E-state index in [0.29, 0.717) is 11.1 Å². The van der Waals surface area contributed by atoms with Gasteiger partial charge < -0.3 is 0 Å². The van der Waals surface area contributed by atoms with Crippen LogP contribution in [0.15, 0.2) is 152 Å². The molecule has 11 rings (SSSR count). The number of hydrogen-bond donors (Lipinski definition) is 0. The smallest absolute Gasteiger partial charge is 0.0991 e. The maximum atomic E-state index is 10.2. The Morgan fingerprint density at radius 2 is 0.868 bits per heavy atom. The summed E-state index contributed by atoms with van der Waals surface area (Å²) in [6.07, 6.45) is 0. The SMILES string of the molecule is Cc1ccccc1-c1ccc2c3c(-c4cccc(C#N)c4)c4c(cc5c6ccccc6c6cccc4c65)c(-c4cccc(C#N)c4)c3c3cccc1c32. The lowest BCUT2D eigenvalue weighted by atomic mass is 9.83. The summed E-state index contributed by atoms with van der Waals surface area (Å²) in [6.45, 7) is 2.18. The monoisotopic (exact) mass is 668 g/mol. The summed E-state index contributed by atoms with van der Waals surface area (Å²) >= 11 is 0. The maximum absolute atomic E-state index is 10.2. The van der Waals surface area contributed by atoms with E-state index in [0.717, 1.165) is 33.0 Å². The van der Waals surface area contributed by atoms with Gasteiger partial charge in [0.05, 0.1) is 23.3 Å². The van der Waals surface area contributed by atoms with E-state index in [9.17, 15) is 10.5 Å². The summed E-state index contributed by atoms with van der Waals surface area (Å²) in [5, 5.41) is 37.2. The number of fused-ring (bicyclic) bond motifs is 8. The van der Waals surface area contributed by atoms with Gasteiger partial charge in [0.1, 0.15) is 0 Å². The number of hydrogen-bond acceptors (Lipinski definition) is 2. The molecule has 0 amide bonds. The van der Waals surface area contributed by atoms with Crippen molar-refractivity contribution in [3.05, 3.63) is 168 Å². The van der Waals surface area contributed by atoms with Crippen LogP contribution in [0.25, 0.3) is 109 Å². The molecule has 11 aromatic rings. The summed E-state index contributed by atoms with van der Waals surface area (Å²) < 4.78 is 0. The fraction of sp³-hybridized carbons (Fsp3) is 0.0196. The lowest BCUT2D eigenvalue weighted by Crippen LogP contribution is -1.92. The highest BCUT2D eigenvalue weighted by Crippen LogP contribution is 2.55. The van der Waals surface area contributed by atoms with E-state index < -0.39 is 0 Å². The van der Waals surface area contributed by atoms with E-state index in [1.54, 1.807) is 0 Å². The zero-order chi connectivity index (χ0) is 35.4. The summed E-state index contributed by atoms with van der Waals surface area (Å²) in [6, 6.07) is 58.8. The van der Waals surface area contributed by atoms with Gasteiger partial charge in [-0.3, -0.25) is 0 Å². The molecule has 0 saturated heterocycles. The molecule has 0 spiro atoms. The predicted octanol–water partition coefficient (Wildman–Crippen LogP) is 13.7. The minimum Gasteiger partial charge on any atom is -0.192 e. The van der Waals surface area contributed by atoms with Gasteiger partial charge in [-0.2, -0.15) is 10.5 Å². The van der Waals surface area contributed by atoms with Crippen molar-refractivity contribution in [1.29, 1.82) is 10.5 Å². The third-order valence-electron chi connectivity index (χ3n) is 11.5. The van der Waals surface area contributed by atoms with Crippen LogP contribution in [0.2, 0.25) is 0 Å². The summed E-state index contributed by atoms with van der Waals surface area (Å²) in [7, 11) is 0. The van der Waals surface area contributed by atoms with Gasteiger partial charge in [-0.15, -0.1) is 0 Å². The zero-order valence-corrected chi connectivity index (χ0v) is 28.8. The minimum atomic E-state index is 0.628. The number of aryl methyl sites for hydroxylation is 1. The minimum absolute atomic E-state index is 0.628. The maximum Gasteiger partial charge on any atom is 0.0991 e. The van der Waals surface area contributed by atoms with Crippen LogP contribution in [0.5, 0.6) is 0 Å². The second kappa shape index (κ2) is 10.9. The second-order valence-corrected chi connectivity index (χ2v) is 14.2. The predicted molar refractivity (Wildman–Crippen MR) is 222 cm³/mol. The molecular weight excluding hydrogens is 641 g/mol. The van der Waals surface area contributed by atoms with E-state index in [1.165, 1.54) is 81.3 Å². The Morgan fingerprint density at radius 1 is 0.340 bits per heavy atom. The highest BCUT2D eigenvalue weighted by atomic mass is 14.3. The Kier molecular flexibility index (Phi) is 6.04. The molecule has 0 bridgehead atoms. The summed E-state index contributed by atoms with van der Waals surface area (Å²) in [5.74, 6) is 0. The van der Waals surface area contributed by atoms with Gasteiger partial charge in [0.15, 0.2) is 0 Å². The van der Waals surface area contributed by atoms with Crippen molar-refractivity contribution in [1.82, 2.24) is 0 Å². The molecule has 0 N–H and O–H groups in total. The first-order valence-corrected chi connectivity index (χ1v) is 18.0.